The number of ether oxygens (including phenoxy) is 3. The molecule has 28 heavy (non-hydrogen) atoms. The third-order valence-electron chi connectivity index (χ3n) is 3.86. The highest BCUT2D eigenvalue weighted by atomic mass is 32.2. The number of benzene rings is 2. The van der Waals surface area contributed by atoms with E-state index in [-0.39, 0.29) is 0 Å². The molecule has 1 unspecified atom stereocenters. The van der Waals surface area contributed by atoms with Gasteiger partial charge in [0.25, 0.3) is 0 Å². The molecular formula is C21H24N2O4S. The third kappa shape index (κ3) is 6.10. The lowest BCUT2D eigenvalue weighted by atomic mass is 10.1. The molecule has 0 heterocycles. The van der Waals surface area contributed by atoms with Gasteiger partial charge in [0.2, 0.25) is 0 Å². The predicted molar refractivity (Wildman–Crippen MR) is 111 cm³/mol. The second-order valence-corrected chi connectivity index (χ2v) is 6.79. The molecule has 0 bridgehead atoms. The maximum atomic E-state index is 12.5. The molecule has 2 aromatic rings. The van der Waals surface area contributed by atoms with Gasteiger partial charge in [0.05, 0.1) is 32.0 Å². The smallest absolute Gasteiger partial charge is 0.332 e. The summed E-state index contributed by atoms with van der Waals surface area (Å²) in [6.07, 6.45) is 2.01. The van der Waals surface area contributed by atoms with Gasteiger partial charge < -0.3 is 19.5 Å². The van der Waals surface area contributed by atoms with Crippen molar-refractivity contribution in [2.45, 2.75) is 13.0 Å². The summed E-state index contributed by atoms with van der Waals surface area (Å²) in [6, 6.07) is 13.6. The van der Waals surface area contributed by atoms with E-state index in [0.29, 0.717) is 41.5 Å². The maximum Gasteiger partial charge on any atom is 0.332 e. The number of thioether (sulfide) groups is 1. The zero-order valence-corrected chi connectivity index (χ0v) is 17.0. The number of rotatable bonds is 10. The van der Waals surface area contributed by atoms with E-state index >= 15 is 0 Å². The molecule has 1 atom stereocenters. The molecule has 2 aromatic carbocycles. The summed E-state index contributed by atoms with van der Waals surface area (Å²) >= 11 is 1.69. The highest BCUT2D eigenvalue weighted by Gasteiger charge is 2.23. The zero-order valence-electron chi connectivity index (χ0n) is 16.2. The number of hydrogen-bond acceptors (Lipinski definition) is 7. The van der Waals surface area contributed by atoms with Crippen LogP contribution in [0.3, 0.4) is 0 Å². The molecule has 0 spiro atoms. The highest BCUT2D eigenvalue weighted by molar-refractivity contribution is 7.98. The van der Waals surface area contributed by atoms with E-state index in [9.17, 15) is 4.79 Å². The summed E-state index contributed by atoms with van der Waals surface area (Å²) in [6.45, 7) is 2.95. The van der Waals surface area contributed by atoms with Crippen molar-refractivity contribution in [3.8, 4) is 17.6 Å². The first-order valence-corrected chi connectivity index (χ1v) is 10.2. The van der Waals surface area contributed by atoms with Crippen molar-refractivity contribution in [3.05, 3.63) is 53.6 Å². The molecule has 0 aliphatic carbocycles. The first-order chi connectivity index (χ1) is 13.6. The van der Waals surface area contributed by atoms with Crippen molar-refractivity contribution >= 4 is 23.4 Å². The van der Waals surface area contributed by atoms with E-state index in [1.807, 2.05) is 19.2 Å². The van der Waals surface area contributed by atoms with Crippen molar-refractivity contribution in [1.82, 2.24) is 0 Å². The van der Waals surface area contributed by atoms with Gasteiger partial charge in [0.1, 0.15) is 11.5 Å². The Kier molecular flexibility index (Phi) is 8.50. The number of hydrogen-bond donors (Lipinski definition) is 1. The Morgan fingerprint density at radius 2 is 1.86 bits per heavy atom. The minimum atomic E-state index is -0.749. The van der Waals surface area contributed by atoms with E-state index in [1.165, 1.54) is 7.11 Å². The van der Waals surface area contributed by atoms with Crippen LogP contribution in [0.2, 0.25) is 0 Å². The number of nitriles is 1. The molecule has 7 heteroatoms. The SMILES string of the molecule is CCOc1cc(OCCSC)cc(C(Nc2ccc(C#N)cc2)C(=O)OC)c1. The van der Waals surface area contributed by atoms with Crippen LogP contribution in [0.1, 0.15) is 24.1 Å². The Morgan fingerprint density at radius 1 is 1.18 bits per heavy atom. The summed E-state index contributed by atoms with van der Waals surface area (Å²) in [5.41, 5.74) is 1.91. The minimum Gasteiger partial charge on any atom is -0.494 e. The standard InChI is InChI=1S/C21H24N2O4S/c1-4-26-18-11-16(12-19(13-18)27-9-10-28-3)20(21(24)25-2)23-17-7-5-15(14-22)6-8-17/h5-8,11-13,20,23H,4,9-10H2,1-3H3. The van der Waals surface area contributed by atoms with Gasteiger partial charge in [-0.1, -0.05) is 0 Å². The molecule has 1 N–H and O–H groups in total. The van der Waals surface area contributed by atoms with Gasteiger partial charge in [0, 0.05) is 17.5 Å². The van der Waals surface area contributed by atoms with Crippen molar-refractivity contribution in [2.75, 3.05) is 37.6 Å². The maximum absolute atomic E-state index is 12.5. The Hall–Kier alpha value is -2.85. The van der Waals surface area contributed by atoms with Gasteiger partial charge in [-0.25, -0.2) is 4.79 Å². The average Bonchev–Trinajstić information content (AvgIpc) is 2.72. The van der Waals surface area contributed by atoms with Gasteiger partial charge in [-0.15, -0.1) is 0 Å². The van der Waals surface area contributed by atoms with Gasteiger partial charge in [-0.3, -0.25) is 0 Å². The second kappa shape index (κ2) is 11.1. The van der Waals surface area contributed by atoms with Crippen molar-refractivity contribution in [3.63, 3.8) is 0 Å². The van der Waals surface area contributed by atoms with Crippen LogP contribution in [0.4, 0.5) is 5.69 Å². The fourth-order valence-electron chi connectivity index (χ4n) is 2.54. The molecule has 0 aliphatic heterocycles. The van der Waals surface area contributed by atoms with Crippen LogP contribution in [-0.2, 0) is 9.53 Å². The zero-order chi connectivity index (χ0) is 20.4. The quantitative estimate of drug-likeness (QED) is 0.476. The molecule has 0 radical (unpaired) electrons. The van der Waals surface area contributed by atoms with Crippen molar-refractivity contribution < 1.29 is 19.0 Å². The Balaban J connectivity index is 2.34. The molecule has 0 fully saturated rings. The Bertz CT molecular complexity index is 818. The first kappa shape index (κ1) is 21.5. The Morgan fingerprint density at radius 3 is 2.43 bits per heavy atom. The largest absolute Gasteiger partial charge is 0.494 e. The summed E-state index contributed by atoms with van der Waals surface area (Å²) in [4.78, 5) is 12.5. The molecule has 148 valence electrons. The summed E-state index contributed by atoms with van der Waals surface area (Å²) in [7, 11) is 1.35. The number of carbonyl (C=O) groups excluding carboxylic acids is 1. The fourth-order valence-corrected chi connectivity index (χ4v) is 2.79. The van der Waals surface area contributed by atoms with Gasteiger partial charge in [-0.2, -0.15) is 17.0 Å². The number of anilines is 1. The predicted octanol–water partition coefficient (Wildman–Crippen LogP) is 4.02. The third-order valence-corrected chi connectivity index (χ3v) is 4.44. The lowest BCUT2D eigenvalue weighted by molar-refractivity contribution is -0.141. The van der Waals surface area contributed by atoms with Crippen LogP contribution in [0.15, 0.2) is 42.5 Å². The van der Waals surface area contributed by atoms with Gasteiger partial charge >= 0.3 is 5.97 Å². The van der Waals surface area contributed by atoms with Crippen LogP contribution >= 0.6 is 11.8 Å². The highest BCUT2D eigenvalue weighted by Crippen LogP contribution is 2.30. The van der Waals surface area contributed by atoms with Crippen LogP contribution in [0, 0.1) is 11.3 Å². The number of carbonyl (C=O) groups is 1. The van der Waals surface area contributed by atoms with Crippen LogP contribution in [-0.4, -0.2) is 38.3 Å². The molecular weight excluding hydrogens is 376 g/mol. The normalized spacial score (nSPS) is 11.2. The van der Waals surface area contributed by atoms with Crippen molar-refractivity contribution in [2.24, 2.45) is 0 Å². The lowest BCUT2D eigenvalue weighted by Crippen LogP contribution is -2.22. The number of nitrogens with one attached hydrogen (secondary N) is 1. The molecule has 0 amide bonds. The Labute approximate surface area is 169 Å². The lowest BCUT2D eigenvalue weighted by Gasteiger charge is -2.20. The van der Waals surface area contributed by atoms with Gasteiger partial charge in [-0.05, 0) is 55.1 Å². The molecule has 2 rings (SSSR count). The second-order valence-electron chi connectivity index (χ2n) is 5.80. The van der Waals surface area contributed by atoms with E-state index in [1.54, 1.807) is 48.2 Å². The summed E-state index contributed by atoms with van der Waals surface area (Å²) in [5.74, 6) is 1.67. The topological polar surface area (TPSA) is 80.6 Å². The number of nitrogens with zero attached hydrogens (tertiary/aromatic N) is 1. The number of methoxy groups -OCH3 is 1. The summed E-state index contributed by atoms with van der Waals surface area (Å²) < 4.78 is 16.4. The van der Waals surface area contributed by atoms with Crippen LogP contribution in [0.5, 0.6) is 11.5 Å². The van der Waals surface area contributed by atoms with Crippen molar-refractivity contribution in [1.29, 1.82) is 5.26 Å². The molecule has 6 nitrogen and oxygen atoms in total. The monoisotopic (exact) mass is 400 g/mol. The van der Waals surface area contributed by atoms with Gasteiger partial charge in [0.15, 0.2) is 6.04 Å². The molecule has 0 saturated carbocycles. The minimum absolute atomic E-state index is 0.437. The molecule has 0 aromatic heterocycles. The molecule has 0 saturated heterocycles. The number of esters is 1. The first-order valence-electron chi connectivity index (χ1n) is 8.85. The van der Waals surface area contributed by atoms with E-state index < -0.39 is 12.0 Å². The van der Waals surface area contributed by atoms with E-state index in [2.05, 4.69) is 11.4 Å². The van der Waals surface area contributed by atoms with Crippen LogP contribution < -0.4 is 14.8 Å². The molecule has 0 aliphatic rings. The van der Waals surface area contributed by atoms with Crippen LogP contribution in [0.25, 0.3) is 0 Å². The van der Waals surface area contributed by atoms with E-state index in [0.717, 1.165) is 5.75 Å². The average molecular weight is 401 g/mol. The fraction of sp³-hybridized carbons (Fsp3) is 0.333. The summed E-state index contributed by atoms with van der Waals surface area (Å²) in [5, 5.41) is 12.1. The van der Waals surface area contributed by atoms with E-state index in [4.69, 9.17) is 19.5 Å².